The van der Waals surface area contributed by atoms with Gasteiger partial charge in [0, 0.05) is 126 Å². The Hall–Kier alpha value is -7.54. The minimum atomic E-state index is -0.845. The van der Waals surface area contributed by atoms with E-state index in [9.17, 15) is 4.74 Å². The van der Waals surface area contributed by atoms with Crippen molar-refractivity contribution in [3.05, 3.63) is 77.9 Å². The Morgan fingerprint density at radius 2 is 0.347 bits per heavy atom. The topological polar surface area (TPSA) is 99.3 Å². The molecule has 6 spiro atoms. The maximum absolute atomic E-state index is 9.51. The van der Waals surface area contributed by atoms with Crippen LogP contribution in [0.4, 0.5) is 0 Å². The fourth-order valence-electron chi connectivity index (χ4n) is 34.7. The van der Waals surface area contributed by atoms with Crippen molar-refractivity contribution >= 4 is 215 Å². The van der Waals surface area contributed by atoms with Crippen molar-refractivity contribution in [1.82, 2.24) is 19.6 Å². The Bertz CT molecular complexity index is 7660. The van der Waals surface area contributed by atoms with E-state index in [0.717, 1.165) is 104 Å². The molecule has 0 N–H and O–H groups in total. The van der Waals surface area contributed by atoms with E-state index in [1.54, 1.807) is 293 Å². The zero-order valence-corrected chi connectivity index (χ0v) is 54.4. The number of hydrogen-bond acceptors (Lipinski definition) is 13. The van der Waals surface area contributed by atoms with E-state index in [-0.39, 0.29) is 0 Å². The van der Waals surface area contributed by atoms with Gasteiger partial charge in [-0.2, -0.15) is 0 Å². The average molecular weight is 1310 g/mol. The number of piperidine rings is 4. The Morgan fingerprint density at radius 1 is 0.178 bits per heavy atom. The predicted molar refractivity (Wildman–Crippen MR) is 381 cm³/mol. The van der Waals surface area contributed by atoms with Crippen molar-refractivity contribution in [3.8, 4) is 0 Å². The first kappa shape index (κ1) is 45.5. The lowest BCUT2D eigenvalue weighted by Crippen LogP contribution is -2.66. The first-order valence-electron chi connectivity index (χ1n) is 39.1. The number of hydrogen-bond donors (Lipinski definition) is 0. The van der Waals surface area contributed by atoms with Gasteiger partial charge >= 0.3 is 0 Å². The summed E-state index contributed by atoms with van der Waals surface area (Å²) in [6.07, 6.45) is 6.69. The van der Waals surface area contributed by atoms with Gasteiger partial charge in [0.2, 0.25) is 0 Å². The van der Waals surface area contributed by atoms with Crippen molar-refractivity contribution < 1.29 is 42.6 Å². The van der Waals surface area contributed by atoms with Crippen molar-refractivity contribution in [1.29, 1.82) is 0 Å². The standard InChI is InChI=1S/C88H48N4O9/c1-9-89(10-2-79(1)93-17-18-94-79)83-65-55-45-35-30-25-26-28-29-27(25)32-38-36(30)46(45)56-58-48(38)50-40(32)42-34(29)44-43-33(28)41-39-31(26)37(35)47-49(39)59-61-51(41)53(43)63-64-54(44)52(42)62-60(50)70-68(58)84(66(56)65,90-11-3-80(4-12-90)95-19-20-96-80)76-75(83)77-85(69(59)67(83)57(47)55,91-13-5-81(6-14-91)97-21-22-98-81)71(61)73(63)87-74(64)72(62)86(70,78(76)88(77,87)101-87)92-15-7-82(8-16-92)99-23-24-100-82/h1-24H2. The van der Waals surface area contributed by atoms with Crippen LogP contribution in [0.2, 0.25) is 0 Å². The summed E-state index contributed by atoms with van der Waals surface area (Å²) in [7, 11) is 0. The first-order valence-corrected chi connectivity index (χ1v) is 39.1. The third-order valence-electron chi connectivity index (χ3n) is 36.0. The van der Waals surface area contributed by atoms with Gasteiger partial charge in [-0.25, -0.2) is 0 Å². The van der Waals surface area contributed by atoms with Crippen molar-refractivity contribution in [2.24, 2.45) is 0 Å². The fourth-order valence-corrected chi connectivity index (χ4v) is 34.7. The van der Waals surface area contributed by atoms with E-state index >= 15 is 0 Å². The maximum atomic E-state index is 9.51. The smallest absolute Gasteiger partial charge is 0.170 e. The van der Waals surface area contributed by atoms with Gasteiger partial charge in [0.15, 0.2) is 34.4 Å². The van der Waals surface area contributed by atoms with E-state index in [1.165, 1.54) is 0 Å². The van der Waals surface area contributed by atoms with Crippen LogP contribution in [0.5, 0.6) is 0 Å². The van der Waals surface area contributed by atoms with Gasteiger partial charge in [0.25, 0.3) is 0 Å². The number of ether oxygens (including phenoxy) is 9. The summed E-state index contributed by atoms with van der Waals surface area (Å²) in [6, 6.07) is 0. The summed E-state index contributed by atoms with van der Waals surface area (Å²) in [6.45, 7) is 12.2. The molecule has 101 heavy (non-hydrogen) atoms. The molecular weight excluding hydrogens is 1260 g/mol. The van der Waals surface area contributed by atoms with E-state index in [2.05, 4.69) is 19.6 Å². The number of nitrogens with zero attached hydrogens (tertiary/aromatic N) is 4. The summed E-state index contributed by atoms with van der Waals surface area (Å²) in [5, 5.41) is 64.7. The van der Waals surface area contributed by atoms with Crippen molar-refractivity contribution in [3.63, 3.8) is 0 Å². The van der Waals surface area contributed by atoms with Gasteiger partial charge in [-0.3, -0.25) is 19.6 Å². The van der Waals surface area contributed by atoms with Gasteiger partial charge in [-0.15, -0.1) is 0 Å². The highest BCUT2D eigenvalue weighted by Gasteiger charge is 2.96. The van der Waals surface area contributed by atoms with Crippen LogP contribution < -0.4 is 0 Å². The zero-order chi connectivity index (χ0) is 61.8. The molecule has 0 radical (unpaired) electrons. The van der Waals surface area contributed by atoms with Gasteiger partial charge in [-0.05, 0) is 271 Å². The lowest BCUT2D eigenvalue weighted by atomic mass is 9.51. The van der Waals surface area contributed by atoms with Gasteiger partial charge in [0.1, 0.15) is 0 Å². The molecule has 4 unspecified atom stereocenters. The highest BCUT2D eigenvalue weighted by atomic mass is 16.8. The third kappa shape index (κ3) is 3.01. The van der Waals surface area contributed by atoms with Crippen LogP contribution >= 0.6 is 0 Å². The van der Waals surface area contributed by atoms with Crippen LogP contribution in [0.15, 0.2) is 22.3 Å². The Kier molecular flexibility index (Phi) is 5.18. The summed E-state index contributed by atoms with van der Waals surface area (Å²) in [5.74, 6) is -2.35. The first-order chi connectivity index (χ1) is 50.0. The van der Waals surface area contributed by atoms with Crippen molar-refractivity contribution in [2.75, 3.05) is 105 Å². The zero-order valence-electron chi connectivity index (χ0n) is 54.4. The third-order valence-corrected chi connectivity index (χ3v) is 36.0. The molecule has 11 aliphatic carbocycles. The second kappa shape index (κ2) is 11.5. The predicted octanol–water partition coefficient (Wildman–Crippen LogP) is 14.2. The number of epoxide rings is 1. The molecule has 0 saturated carbocycles. The molecule has 9 heterocycles. The second-order valence-electron chi connectivity index (χ2n) is 36.9. The number of rotatable bonds is 4. The number of likely N-dealkylation sites (tertiary alicyclic amines) is 4. The highest BCUT2D eigenvalue weighted by molar-refractivity contribution is 6.77. The normalized spacial score (nSPS) is 35.5. The molecule has 9 saturated heterocycles. The van der Waals surface area contributed by atoms with Crippen LogP contribution in [0.1, 0.15) is 107 Å². The largest absolute Gasteiger partial charge is 0.347 e. The average Bonchev–Trinajstić information content (AvgIpc) is 1.35. The minimum Gasteiger partial charge on any atom is -0.347 e. The Labute approximate surface area is 565 Å². The highest BCUT2D eigenvalue weighted by Crippen LogP contribution is 2.97. The number of benzene rings is 15. The Morgan fingerprint density at radius 3 is 0.564 bits per heavy atom. The summed E-state index contributed by atoms with van der Waals surface area (Å²) < 4.78 is 65.3. The van der Waals surface area contributed by atoms with Crippen LogP contribution in [0.3, 0.4) is 0 Å². The molecule has 0 aromatic heterocycles. The molecular formula is C88H48N4O9. The molecule has 21 aromatic carbocycles. The molecule has 474 valence electrons. The summed E-state index contributed by atoms with van der Waals surface area (Å²) in [5.41, 5.74) is 18.7. The molecule has 9 aliphatic heterocycles. The van der Waals surface area contributed by atoms with Gasteiger partial charge in [-0.1, -0.05) is 0 Å². The summed E-state index contributed by atoms with van der Waals surface area (Å²) in [4.78, 5) is 12.8. The van der Waals surface area contributed by atoms with E-state index < -0.39 is 56.5 Å². The van der Waals surface area contributed by atoms with Gasteiger partial charge < -0.3 is 42.6 Å². The summed E-state index contributed by atoms with van der Waals surface area (Å²) >= 11 is 0. The molecule has 41 rings (SSSR count). The molecule has 21 aromatic rings. The maximum Gasteiger partial charge on any atom is 0.170 e. The van der Waals surface area contributed by atoms with Crippen LogP contribution in [0, 0.1) is 0 Å². The second-order valence-corrected chi connectivity index (χ2v) is 36.9. The molecule has 0 amide bonds. The van der Waals surface area contributed by atoms with Crippen LogP contribution in [0.25, 0.3) is 215 Å². The monoisotopic (exact) mass is 1300 g/mol. The molecule has 20 aliphatic rings. The molecule has 9 fully saturated rings. The minimum absolute atomic E-state index is 0.588. The lowest BCUT2D eigenvalue weighted by molar-refractivity contribution is -0.193. The Balaban J connectivity index is 0.858. The van der Waals surface area contributed by atoms with Crippen LogP contribution in [-0.2, 0) is 70.4 Å². The SMILES string of the molecule is C1COC2(CCN(C34C5=C6C7(N8CCC9(CC8)OCCO9)c8c3c3c9c4c4c%10c%11c%12c%13c%14c%15c%16c%17c%18c%19c(c7c7c8c8c3c3c%20c9c%10c9c%10c%11c%14c%11c%14c%15c%18c%15c%18c%19c7c7c8c3c3c(c%209)c(c%10%11)c(c%14%15)c3c7%18)C%173OC63C(=C5C4%12N3CCC4(CC3)OCCO4)C%13%16N3CCC4(CC3)OCCO4)CC2)O1. The van der Waals surface area contributed by atoms with E-state index in [1.807, 2.05) is 0 Å². The van der Waals surface area contributed by atoms with E-state index in [4.69, 9.17) is 37.9 Å². The molecule has 4 atom stereocenters. The van der Waals surface area contributed by atoms with Crippen LogP contribution in [-0.4, -0.2) is 154 Å². The molecule has 13 nitrogen and oxygen atoms in total. The molecule has 13 heteroatoms. The van der Waals surface area contributed by atoms with Gasteiger partial charge in [0.05, 0.1) is 75.0 Å². The van der Waals surface area contributed by atoms with E-state index in [0.29, 0.717) is 52.9 Å². The fraction of sp³-hybridized carbons (Fsp3) is 0.386. The molecule has 0 bridgehead atoms. The van der Waals surface area contributed by atoms with Crippen molar-refractivity contribution in [2.45, 2.75) is 108 Å². The quantitative estimate of drug-likeness (QED) is 0.124. The lowest BCUT2D eigenvalue weighted by Gasteiger charge is -2.63.